The Morgan fingerprint density at radius 2 is 1.88 bits per heavy atom. The maximum atomic E-state index is 14.4. The van der Waals surface area contributed by atoms with E-state index in [0.29, 0.717) is 10.9 Å². The van der Waals surface area contributed by atoms with Crippen LogP contribution in [0.5, 0.6) is 0 Å². The molecule has 0 unspecified atom stereocenters. The third-order valence-electron chi connectivity index (χ3n) is 4.07. The topological polar surface area (TPSA) is 94.9 Å². The van der Waals surface area contributed by atoms with E-state index >= 15 is 0 Å². The maximum absolute atomic E-state index is 14.4. The van der Waals surface area contributed by atoms with Gasteiger partial charge in [-0.15, -0.1) is 10.2 Å². The monoisotopic (exact) mass is 360 g/mol. The molecule has 4 N–H and O–H groups in total. The van der Waals surface area contributed by atoms with E-state index in [9.17, 15) is 18.0 Å². The number of aromatic nitrogens is 2. The van der Waals surface area contributed by atoms with Crippen LogP contribution in [0.25, 0.3) is 22.0 Å². The molecule has 0 atom stereocenters. The third-order valence-corrected chi connectivity index (χ3v) is 4.07. The van der Waals surface area contributed by atoms with Gasteiger partial charge in [-0.25, -0.2) is 8.78 Å². The minimum atomic E-state index is -0.850. The lowest BCUT2D eigenvalue weighted by molar-refractivity contribution is 0.0995. The van der Waals surface area contributed by atoms with Crippen molar-refractivity contribution in [2.75, 3.05) is 12.4 Å². The molecule has 0 spiro atoms. The number of nitrogens with two attached hydrogens (primary N) is 2. The van der Waals surface area contributed by atoms with Gasteiger partial charge in [0.25, 0.3) is 5.91 Å². The van der Waals surface area contributed by atoms with Crippen molar-refractivity contribution in [2.24, 2.45) is 5.73 Å². The predicted molar refractivity (Wildman–Crippen MR) is 92.1 cm³/mol. The average Bonchev–Trinajstić information content (AvgIpc) is 2.61. The van der Waals surface area contributed by atoms with Crippen LogP contribution in [0.3, 0.4) is 0 Å². The molecule has 0 saturated carbocycles. The van der Waals surface area contributed by atoms with Crippen molar-refractivity contribution in [1.29, 1.82) is 0 Å². The molecule has 1 aromatic heterocycles. The standard InChI is InChI=1S/C18H15F3N4O/c19-7-1-2-9-3-5-11-15(22)17(18(23)26)25-24-16(11)14(9)12-8-10(20)4-6-13(12)21/h3-6,8H,1-2,7H2,(H2,22,24)(H2,23,26). The van der Waals surface area contributed by atoms with E-state index in [1.807, 2.05) is 0 Å². The number of nitrogens with zero attached hydrogens (tertiary/aromatic N) is 2. The molecule has 0 fully saturated rings. The van der Waals surface area contributed by atoms with Crippen LogP contribution in [0.2, 0.25) is 0 Å². The zero-order chi connectivity index (χ0) is 18.8. The molecule has 2 aromatic carbocycles. The van der Waals surface area contributed by atoms with Crippen molar-refractivity contribution in [1.82, 2.24) is 10.2 Å². The van der Waals surface area contributed by atoms with Crippen LogP contribution < -0.4 is 11.5 Å². The van der Waals surface area contributed by atoms with Gasteiger partial charge in [-0.3, -0.25) is 9.18 Å². The number of benzene rings is 2. The first-order valence-electron chi connectivity index (χ1n) is 7.83. The van der Waals surface area contributed by atoms with Gasteiger partial charge >= 0.3 is 0 Å². The second-order valence-corrected chi connectivity index (χ2v) is 5.74. The zero-order valence-corrected chi connectivity index (χ0v) is 13.6. The summed E-state index contributed by atoms with van der Waals surface area (Å²) in [5.74, 6) is -2.15. The number of rotatable bonds is 5. The van der Waals surface area contributed by atoms with Gasteiger partial charge in [-0.1, -0.05) is 12.1 Å². The van der Waals surface area contributed by atoms with Crippen LogP contribution in [-0.4, -0.2) is 22.8 Å². The first-order valence-corrected chi connectivity index (χ1v) is 7.83. The Hall–Kier alpha value is -3.16. The molecule has 0 aliphatic rings. The van der Waals surface area contributed by atoms with Gasteiger partial charge < -0.3 is 11.5 Å². The Bertz CT molecular complexity index is 1010. The van der Waals surface area contributed by atoms with Gasteiger partial charge in [0.1, 0.15) is 17.2 Å². The minimum Gasteiger partial charge on any atom is -0.396 e. The highest BCUT2D eigenvalue weighted by Gasteiger charge is 2.20. The Morgan fingerprint density at radius 3 is 2.58 bits per heavy atom. The number of aryl methyl sites for hydroxylation is 1. The van der Waals surface area contributed by atoms with E-state index in [1.54, 1.807) is 12.1 Å². The van der Waals surface area contributed by atoms with Crippen molar-refractivity contribution < 1.29 is 18.0 Å². The molecular formula is C18H15F3N4O. The molecule has 0 aliphatic heterocycles. The van der Waals surface area contributed by atoms with Crippen molar-refractivity contribution in [2.45, 2.75) is 12.8 Å². The van der Waals surface area contributed by atoms with E-state index in [4.69, 9.17) is 11.5 Å². The summed E-state index contributed by atoms with van der Waals surface area (Å²) in [5, 5.41) is 8.02. The van der Waals surface area contributed by atoms with E-state index < -0.39 is 24.2 Å². The lowest BCUT2D eigenvalue weighted by atomic mass is 9.93. The number of fused-ring (bicyclic) bond motifs is 1. The number of halogens is 3. The van der Waals surface area contributed by atoms with Crippen LogP contribution >= 0.6 is 0 Å². The van der Waals surface area contributed by atoms with Crippen molar-refractivity contribution >= 4 is 22.5 Å². The molecule has 0 aliphatic carbocycles. The number of carbonyl (C=O) groups is 1. The van der Waals surface area contributed by atoms with Crippen LogP contribution in [0.4, 0.5) is 18.9 Å². The summed E-state index contributed by atoms with van der Waals surface area (Å²) in [6.45, 7) is -0.558. The molecule has 26 heavy (non-hydrogen) atoms. The number of primary amides is 1. The molecule has 0 bridgehead atoms. The Morgan fingerprint density at radius 1 is 1.12 bits per heavy atom. The SMILES string of the molecule is NC(=O)c1nnc2c(-c3cc(F)ccc3F)c(CCCF)ccc2c1N. The van der Waals surface area contributed by atoms with E-state index in [-0.39, 0.29) is 40.9 Å². The fraction of sp³-hybridized carbons (Fsp3) is 0.167. The van der Waals surface area contributed by atoms with Crippen LogP contribution in [-0.2, 0) is 6.42 Å². The number of amides is 1. The lowest BCUT2D eigenvalue weighted by Crippen LogP contribution is -2.17. The van der Waals surface area contributed by atoms with Gasteiger partial charge in [0.15, 0.2) is 5.69 Å². The normalized spacial score (nSPS) is 11.0. The van der Waals surface area contributed by atoms with Gasteiger partial charge in [-0.2, -0.15) is 0 Å². The Kier molecular flexibility index (Phi) is 4.75. The summed E-state index contributed by atoms with van der Waals surface area (Å²) in [6, 6.07) is 6.23. The lowest BCUT2D eigenvalue weighted by Gasteiger charge is -2.14. The summed E-state index contributed by atoms with van der Waals surface area (Å²) >= 11 is 0. The highest BCUT2D eigenvalue weighted by atomic mass is 19.1. The number of nitrogen functional groups attached to an aromatic ring is 1. The number of anilines is 1. The fourth-order valence-electron chi connectivity index (χ4n) is 2.87. The molecule has 3 rings (SSSR count). The molecular weight excluding hydrogens is 345 g/mol. The molecule has 5 nitrogen and oxygen atoms in total. The molecule has 0 saturated heterocycles. The van der Waals surface area contributed by atoms with Gasteiger partial charge in [0, 0.05) is 16.5 Å². The molecule has 8 heteroatoms. The third kappa shape index (κ3) is 3.05. The molecule has 1 heterocycles. The predicted octanol–water partition coefficient (Wildman–Crippen LogP) is 3.16. The van der Waals surface area contributed by atoms with E-state index in [2.05, 4.69) is 10.2 Å². The average molecular weight is 360 g/mol. The van der Waals surface area contributed by atoms with Gasteiger partial charge in [-0.05, 0) is 36.6 Å². The maximum Gasteiger partial charge on any atom is 0.271 e. The highest BCUT2D eigenvalue weighted by Crippen LogP contribution is 2.36. The summed E-state index contributed by atoms with van der Waals surface area (Å²) in [4.78, 5) is 11.4. The summed E-state index contributed by atoms with van der Waals surface area (Å²) in [5.41, 5.74) is 12.0. The molecule has 134 valence electrons. The van der Waals surface area contributed by atoms with Crippen LogP contribution in [0.15, 0.2) is 30.3 Å². The van der Waals surface area contributed by atoms with Crippen LogP contribution in [0.1, 0.15) is 22.5 Å². The Labute approximate surface area is 146 Å². The smallest absolute Gasteiger partial charge is 0.271 e. The quantitative estimate of drug-likeness (QED) is 0.731. The summed E-state index contributed by atoms with van der Waals surface area (Å²) in [6.07, 6.45) is 0.495. The van der Waals surface area contributed by atoms with E-state index in [1.165, 1.54) is 0 Å². The van der Waals surface area contributed by atoms with Crippen molar-refractivity contribution in [3.05, 3.63) is 53.2 Å². The number of hydrogen-bond acceptors (Lipinski definition) is 4. The molecule has 0 radical (unpaired) electrons. The van der Waals surface area contributed by atoms with Crippen LogP contribution in [0, 0.1) is 11.6 Å². The molecule has 3 aromatic rings. The highest BCUT2D eigenvalue weighted by molar-refractivity contribution is 6.07. The second kappa shape index (κ2) is 6.99. The Balaban J connectivity index is 2.37. The van der Waals surface area contributed by atoms with Gasteiger partial charge in [0.05, 0.1) is 12.4 Å². The largest absolute Gasteiger partial charge is 0.396 e. The number of carbonyl (C=O) groups excluding carboxylic acids is 1. The second-order valence-electron chi connectivity index (χ2n) is 5.74. The first kappa shape index (κ1) is 17.7. The molecule has 1 amide bonds. The minimum absolute atomic E-state index is 0.00222. The number of hydrogen-bond donors (Lipinski definition) is 2. The summed E-state index contributed by atoms with van der Waals surface area (Å²) in [7, 11) is 0. The first-order chi connectivity index (χ1) is 12.4. The van der Waals surface area contributed by atoms with Gasteiger partial charge in [0.2, 0.25) is 0 Å². The summed E-state index contributed by atoms with van der Waals surface area (Å²) < 4.78 is 40.8. The van der Waals surface area contributed by atoms with Crippen molar-refractivity contribution in [3.8, 4) is 11.1 Å². The van der Waals surface area contributed by atoms with Crippen molar-refractivity contribution in [3.63, 3.8) is 0 Å². The van der Waals surface area contributed by atoms with E-state index in [0.717, 1.165) is 18.2 Å². The zero-order valence-electron chi connectivity index (χ0n) is 13.6. The number of alkyl halides is 1. The fourth-order valence-corrected chi connectivity index (χ4v) is 2.87.